The van der Waals surface area contributed by atoms with E-state index in [-0.39, 0.29) is 24.8 Å². The van der Waals surface area contributed by atoms with Crippen LogP contribution in [0.15, 0.2) is 65.1 Å². The van der Waals surface area contributed by atoms with Crippen molar-refractivity contribution in [3.8, 4) is 0 Å². The molecule has 0 radical (unpaired) electrons. The van der Waals surface area contributed by atoms with Crippen molar-refractivity contribution in [3.63, 3.8) is 0 Å². The van der Waals surface area contributed by atoms with Gasteiger partial charge >= 0.3 is 6.09 Å². The number of nitrogens with one attached hydrogen (secondary N) is 1. The smallest absolute Gasteiger partial charge is 0.407 e. The van der Waals surface area contributed by atoms with Crippen LogP contribution in [0.25, 0.3) is 6.08 Å². The third-order valence-corrected chi connectivity index (χ3v) is 4.96. The summed E-state index contributed by atoms with van der Waals surface area (Å²) < 4.78 is 12.3. The van der Waals surface area contributed by atoms with Gasteiger partial charge in [-0.3, -0.25) is 0 Å². The van der Waals surface area contributed by atoms with Crippen LogP contribution in [-0.4, -0.2) is 24.8 Å². The van der Waals surface area contributed by atoms with Gasteiger partial charge in [-0.25, -0.2) is 4.79 Å². The SMILES string of the molecule is O=C(N[C@H]1CCC(OCC(Br)=Cc2ccccc2)C1)OCc1ccccc1. The lowest BCUT2D eigenvalue weighted by Crippen LogP contribution is -2.33. The van der Waals surface area contributed by atoms with Gasteiger partial charge in [0.2, 0.25) is 0 Å². The van der Waals surface area contributed by atoms with Gasteiger partial charge in [0.25, 0.3) is 0 Å². The molecule has 4 nitrogen and oxygen atoms in total. The predicted molar refractivity (Wildman–Crippen MR) is 110 cm³/mol. The Hall–Kier alpha value is -2.11. The van der Waals surface area contributed by atoms with E-state index in [1.165, 1.54) is 0 Å². The number of halogens is 1. The average molecular weight is 430 g/mol. The second kappa shape index (κ2) is 10.3. The molecule has 2 atom stereocenters. The number of ether oxygens (including phenoxy) is 2. The Kier molecular flexibility index (Phi) is 7.48. The maximum atomic E-state index is 12.0. The molecule has 1 amide bonds. The summed E-state index contributed by atoms with van der Waals surface area (Å²) >= 11 is 3.57. The van der Waals surface area contributed by atoms with Crippen LogP contribution >= 0.6 is 15.9 Å². The Bertz CT molecular complexity index is 749. The average Bonchev–Trinajstić information content (AvgIpc) is 3.14. The van der Waals surface area contributed by atoms with Gasteiger partial charge in [0.15, 0.2) is 0 Å². The molecule has 0 aliphatic heterocycles. The zero-order valence-electron chi connectivity index (χ0n) is 15.1. The summed E-state index contributed by atoms with van der Waals surface area (Å²) in [5.41, 5.74) is 2.12. The van der Waals surface area contributed by atoms with Crippen molar-refractivity contribution in [2.45, 2.75) is 38.0 Å². The Morgan fingerprint density at radius 2 is 1.78 bits per heavy atom. The molecule has 2 aromatic carbocycles. The molecule has 2 aromatic rings. The second-order valence-corrected chi connectivity index (χ2v) is 7.67. The third-order valence-electron chi connectivity index (χ3n) is 4.50. The number of alkyl carbamates (subject to hydrolysis) is 1. The van der Waals surface area contributed by atoms with Gasteiger partial charge in [0, 0.05) is 10.5 Å². The summed E-state index contributed by atoms with van der Waals surface area (Å²) in [4.78, 5) is 12.0. The highest BCUT2D eigenvalue weighted by Crippen LogP contribution is 2.24. The number of hydrogen-bond donors (Lipinski definition) is 1. The number of rotatable bonds is 7. The Balaban J connectivity index is 1.36. The van der Waals surface area contributed by atoms with Crippen molar-refractivity contribution in [2.24, 2.45) is 0 Å². The number of amides is 1. The van der Waals surface area contributed by atoms with Crippen molar-refractivity contribution in [2.75, 3.05) is 6.61 Å². The first-order valence-corrected chi connectivity index (χ1v) is 9.98. The summed E-state index contributed by atoms with van der Waals surface area (Å²) in [6.45, 7) is 0.821. The maximum absolute atomic E-state index is 12.0. The Labute approximate surface area is 168 Å². The molecule has 0 spiro atoms. The molecule has 1 unspecified atom stereocenters. The molecule has 1 aliphatic carbocycles. The fourth-order valence-electron chi connectivity index (χ4n) is 3.12. The van der Waals surface area contributed by atoms with E-state index in [9.17, 15) is 4.79 Å². The zero-order valence-corrected chi connectivity index (χ0v) is 16.7. The highest BCUT2D eigenvalue weighted by molar-refractivity contribution is 9.11. The van der Waals surface area contributed by atoms with Crippen LogP contribution < -0.4 is 5.32 Å². The van der Waals surface area contributed by atoms with E-state index in [1.54, 1.807) is 0 Å². The largest absolute Gasteiger partial charge is 0.445 e. The van der Waals surface area contributed by atoms with Crippen LogP contribution in [0.5, 0.6) is 0 Å². The van der Waals surface area contributed by atoms with Gasteiger partial charge in [-0.2, -0.15) is 0 Å². The first kappa shape index (κ1) is 19.6. The minimum absolute atomic E-state index is 0.107. The minimum atomic E-state index is -0.366. The fraction of sp³-hybridized carbons (Fsp3) is 0.318. The molecule has 1 saturated carbocycles. The van der Waals surface area contributed by atoms with Crippen molar-refractivity contribution >= 4 is 28.1 Å². The molecular weight excluding hydrogens is 406 g/mol. The van der Waals surface area contributed by atoms with E-state index in [0.717, 1.165) is 34.9 Å². The molecule has 0 bridgehead atoms. The third kappa shape index (κ3) is 6.85. The Morgan fingerprint density at radius 1 is 1.07 bits per heavy atom. The van der Waals surface area contributed by atoms with Gasteiger partial charge < -0.3 is 14.8 Å². The van der Waals surface area contributed by atoms with Gasteiger partial charge in [-0.15, -0.1) is 0 Å². The standard InChI is InChI=1S/C22H24BrNO3/c23-19(13-17-7-3-1-4-8-17)16-26-21-12-11-20(14-21)24-22(25)27-15-18-9-5-2-6-10-18/h1-10,13,20-21H,11-12,14-16H2,(H,24,25)/t20-,21?/m0/s1. The van der Waals surface area contributed by atoms with Crippen LogP contribution in [0.2, 0.25) is 0 Å². The molecule has 3 rings (SSSR count). The van der Waals surface area contributed by atoms with E-state index in [1.807, 2.05) is 48.5 Å². The highest BCUT2D eigenvalue weighted by atomic mass is 79.9. The molecule has 0 aromatic heterocycles. The number of hydrogen-bond acceptors (Lipinski definition) is 3. The van der Waals surface area contributed by atoms with Gasteiger partial charge in [-0.05, 0) is 36.5 Å². The van der Waals surface area contributed by atoms with E-state index in [0.29, 0.717) is 6.61 Å². The minimum Gasteiger partial charge on any atom is -0.445 e. The molecule has 1 N–H and O–H groups in total. The van der Waals surface area contributed by atoms with Crippen LogP contribution in [-0.2, 0) is 16.1 Å². The monoisotopic (exact) mass is 429 g/mol. The van der Waals surface area contributed by atoms with E-state index in [4.69, 9.17) is 9.47 Å². The van der Waals surface area contributed by atoms with E-state index in [2.05, 4.69) is 39.5 Å². The lowest BCUT2D eigenvalue weighted by Gasteiger charge is -2.14. The van der Waals surface area contributed by atoms with Gasteiger partial charge in [0.05, 0.1) is 12.7 Å². The molecule has 142 valence electrons. The molecule has 1 aliphatic rings. The number of benzene rings is 2. The summed E-state index contributed by atoms with van der Waals surface area (Å²) in [5, 5.41) is 2.94. The number of carbonyl (C=O) groups is 1. The molecule has 0 saturated heterocycles. The normalized spacial score (nSPS) is 19.7. The summed E-state index contributed by atoms with van der Waals surface area (Å²) in [6, 6.07) is 19.9. The van der Waals surface area contributed by atoms with Gasteiger partial charge in [0.1, 0.15) is 6.61 Å². The van der Waals surface area contributed by atoms with Gasteiger partial charge in [-0.1, -0.05) is 76.6 Å². The molecule has 0 heterocycles. The Morgan fingerprint density at radius 3 is 2.52 bits per heavy atom. The lowest BCUT2D eigenvalue weighted by atomic mass is 10.2. The first-order chi connectivity index (χ1) is 13.2. The van der Waals surface area contributed by atoms with Crippen LogP contribution in [0.1, 0.15) is 30.4 Å². The van der Waals surface area contributed by atoms with Crippen LogP contribution in [0, 0.1) is 0 Å². The van der Waals surface area contributed by atoms with Crippen molar-refractivity contribution < 1.29 is 14.3 Å². The van der Waals surface area contributed by atoms with E-state index < -0.39 is 0 Å². The lowest BCUT2D eigenvalue weighted by molar-refractivity contribution is 0.0767. The zero-order chi connectivity index (χ0) is 18.9. The number of carbonyl (C=O) groups excluding carboxylic acids is 1. The van der Waals surface area contributed by atoms with Crippen molar-refractivity contribution in [3.05, 3.63) is 76.3 Å². The molecule has 27 heavy (non-hydrogen) atoms. The quantitative estimate of drug-likeness (QED) is 0.650. The molecule has 5 heteroatoms. The summed E-state index contributed by atoms with van der Waals surface area (Å²) in [7, 11) is 0. The fourth-order valence-corrected chi connectivity index (χ4v) is 3.52. The summed E-state index contributed by atoms with van der Waals surface area (Å²) in [5.74, 6) is 0. The van der Waals surface area contributed by atoms with Crippen molar-refractivity contribution in [1.82, 2.24) is 5.32 Å². The predicted octanol–water partition coefficient (Wildman–Crippen LogP) is 5.29. The van der Waals surface area contributed by atoms with Crippen molar-refractivity contribution in [1.29, 1.82) is 0 Å². The molecule has 1 fully saturated rings. The van der Waals surface area contributed by atoms with E-state index >= 15 is 0 Å². The second-order valence-electron chi connectivity index (χ2n) is 6.65. The van der Waals surface area contributed by atoms with Crippen LogP contribution in [0.4, 0.5) is 4.79 Å². The topological polar surface area (TPSA) is 47.6 Å². The maximum Gasteiger partial charge on any atom is 0.407 e. The summed E-state index contributed by atoms with van der Waals surface area (Å²) in [6.07, 6.45) is 4.51. The highest BCUT2D eigenvalue weighted by Gasteiger charge is 2.27. The van der Waals surface area contributed by atoms with Crippen LogP contribution in [0.3, 0.4) is 0 Å². The first-order valence-electron chi connectivity index (χ1n) is 9.19. The molecular formula is C22H24BrNO3.